The van der Waals surface area contributed by atoms with Gasteiger partial charge in [-0.15, -0.1) is 0 Å². The molecule has 1 amide bonds. The number of phenols is 1. The number of hydrogen-bond donors (Lipinski definition) is 2. The second-order valence-corrected chi connectivity index (χ2v) is 5.23. The molecule has 0 heterocycles. The van der Waals surface area contributed by atoms with E-state index in [4.69, 9.17) is 4.74 Å². The van der Waals surface area contributed by atoms with E-state index in [0.29, 0.717) is 11.7 Å². The number of benzene rings is 1. The maximum atomic E-state index is 12.0. The molecule has 0 bridgehead atoms. The third-order valence-electron chi connectivity index (χ3n) is 3.00. The summed E-state index contributed by atoms with van der Waals surface area (Å²) in [6.45, 7) is 6.29. The Balaban J connectivity index is 2.62. The molecule has 2 N–H and O–H groups in total. The number of methoxy groups -OCH3 is 1. The third kappa shape index (κ3) is 4.81. The van der Waals surface area contributed by atoms with Crippen molar-refractivity contribution in [3.05, 3.63) is 23.8 Å². The molecule has 1 unspecified atom stereocenters. The fourth-order valence-corrected chi connectivity index (χ4v) is 1.79. The molecule has 0 aliphatic heterocycles. The second kappa shape index (κ2) is 7.02. The summed E-state index contributed by atoms with van der Waals surface area (Å²) >= 11 is 0. The molecule has 0 saturated carbocycles. The maximum absolute atomic E-state index is 12.0. The summed E-state index contributed by atoms with van der Waals surface area (Å²) in [4.78, 5) is 12.0. The molecule has 0 aliphatic carbocycles. The zero-order valence-electron chi connectivity index (χ0n) is 12.1. The van der Waals surface area contributed by atoms with E-state index in [1.165, 1.54) is 13.2 Å². The van der Waals surface area contributed by atoms with Crippen LogP contribution < -0.4 is 10.1 Å². The summed E-state index contributed by atoms with van der Waals surface area (Å²) in [5.74, 6) is 0.833. The minimum atomic E-state index is -0.253. The lowest BCUT2D eigenvalue weighted by Crippen LogP contribution is -2.32. The van der Waals surface area contributed by atoms with Crippen molar-refractivity contribution in [2.75, 3.05) is 7.11 Å². The molecule has 0 radical (unpaired) electrons. The van der Waals surface area contributed by atoms with E-state index in [0.717, 1.165) is 12.8 Å². The zero-order valence-corrected chi connectivity index (χ0v) is 12.1. The Hall–Kier alpha value is -1.71. The van der Waals surface area contributed by atoms with Crippen molar-refractivity contribution in [3.8, 4) is 11.5 Å². The Morgan fingerprint density at radius 1 is 1.32 bits per heavy atom. The number of ether oxygens (including phenoxy) is 1. The SMILES string of the molecule is COc1ccc(C(=O)NC(C)CCC(C)C)c(O)c1. The number of nitrogens with one attached hydrogen (secondary N) is 1. The highest BCUT2D eigenvalue weighted by Gasteiger charge is 2.14. The topological polar surface area (TPSA) is 58.6 Å². The van der Waals surface area contributed by atoms with Crippen LogP contribution in [0.3, 0.4) is 0 Å². The molecule has 0 aromatic heterocycles. The second-order valence-electron chi connectivity index (χ2n) is 5.23. The Morgan fingerprint density at radius 3 is 2.53 bits per heavy atom. The Morgan fingerprint density at radius 2 is 2.00 bits per heavy atom. The van der Waals surface area contributed by atoms with Gasteiger partial charge < -0.3 is 15.2 Å². The van der Waals surface area contributed by atoms with Gasteiger partial charge in [0.15, 0.2) is 0 Å². The monoisotopic (exact) mass is 265 g/mol. The number of amides is 1. The van der Waals surface area contributed by atoms with E-state index in [1.807, 2.05) is 6.92 Å². The lowest BCUT2D eigenvalue weighted by molar-refractivity contribution is 0.0934. The van der Waals surface area contributed by atoms with E-state index >= 15 is 0 Å². The van der Waals surface area contributed by atoms with E-state index in [2.05, 4.69) is 19.2 Å². The summed E-state index contributed by atoms with van der Waals surface area (Å²) < 4.78 is 4.98. The molecule has 1 aromatic carbocycles. The molecule has 19 heavy (non-hydrogen) atoms. The van der Waals surface area contributed by atoms with Crippen LogP contribution in [0.4, 0.5) is 0 Å². The predicted octanol–water partition coefficient (Wildman–Crippen LogP) is 2.96. The molecule has 0 spiro atoms. The molecule has 1 aromatic rings. The number of aromatic hydroxyl groups is 1. The number of hydrogen-bond acceptors (Lipinski definition) is 3. The number of carbonyl (C=O) groups is 1. The van der Waals surface area contributed by atoms with Crippen LogP contribution in [-0.2, 0) is 0 Å². The van der Waals surface area contributed by atoms with Gasteiger partial charge >= 0.3 is 0 Å². The molecular weight excluding hydrogens is 242 g/mol. The van der Waals surface area contributed by atoms with Crippen LogP contribution in [0.25, 0.3) is 0 Å². The van der Waals surface area contributed by atoms with Gasteiger partial charge in [0.2, 0.25) is 0 Å². The summed E-state index contributed by atoms with van der Waals surface area (Å²) in [6, 6.07) is 4.76. The normalized spacial score (nSPS) is 12.3. The van der Waals surface area contributed by atoms with Gasteiger partial charge in [-0.3, -0.25) is 4.79 Å². The van der Waals surface area contributed by atoms with Crippen LogP contribution >= 0.6 is 0 Å². The number of phenolic OH excluding ortho intramolecular Hbond substituents is 1. The van der Waals surface area contributed by atoms with Crippen LogP contribution in [0.1, 0.15) is 44.0 Å². The highest BCUT2D eigenvalue weighted by molar-refractivity contribution is 5.97. The average Bonchev–Trinajstić information content (AvgIpc) is 2.35. The molecule has 0 fully saturated rings. The van der Waals surface area contributed by atoms with Gasteiger partial charge in [-0.05, 0) is 37.8 Å². The first-order chi connectivity index (χ1) is 8.93. The van der Waals surface area contributed by atoms with Crippen molar-refractivity contribution in [1.29, 1.82) is 0 Å². The molecule has 4 heteroatoms. The smallest absolute Gasteiger partial charge is 0.255 e. The number of rotatable bonds is 6. The van der Waals surface area contributed by atoms with Gasteiger partial charge in [-0.25, -0.2) is 0 Å². The maximum Gasteiger partial charge on any atom is 0.255 e. The van der Waals surface area contributed by atoms with Crippen LogP contribution in [0.5, 0.6) is 11.5 Å². The fourth-order valence-electron chi connectivity index (χ4n) is 1.79. The van der Waals surface area contributed by atoms with Crippen molar-refractivity contribution >= 4 is 5.91 Å². The standard InChI is InChI=1S/C15H23NO3/c1-10(2)5-6-11(3)16-15(18)13-8-7-12(19-4)9-14(13)17/h7-11,17H,5-6H2,1-4H3,(H,16,18). The predicted molar refractivity (Wildman–Crippen MR) is 75.7 cm³/mol. The van der Waals surface area contributed by atoms with Crippen LogP contribution in [0.15, 0.2) is 18.2 Å². The molecule has 0 aliphatic rings. The van der Waals surface area contributed by atoms with Crippen LogP contribution in [-0.4, -0.2) is 24.2 Å². The summed E-state index contributed by atoms with van der Waals surface area (Å²) in [6.07, 6.45) is 2.00. The first-order valence-corrected chi connectivity index (χ1v) is 6.62. The Bertz CT molecular complexity index is 429. The van der Waals surface area contributed by atoms with Gasteiger partial charge in [-0.1, -0.05) is 13.8 Å². The van der Waals surface area contributed by atoms with Crippen LogP contribution in [0, 0.1) is 5.92 Å². The minimum Gasteiger partial charge on any atom is -0.507 e. The van der Waals surface area contributed by atoms with Crippen molar-refractivity contribution in [2.45, 2.75) is 39.7 Å². The quantitative estimate of drug-likeness (QED) is 0.831. The van der Waals surface area contributed by atoms with E-state index < -0.39 is 0 Å². The van der Waals surface area contributed by atoms with Crippen molar-refractivity contribution in [1.82, 2.24) is 5.32 Å². The largest absolute Gasteiger partial charge is 0.507 e. The molecular formula is C15H23NO3. The summed E-state index contributed by atoms with van der Waals surface area (Å²) in [5.41, 5.74) is 0.275. The Labute approximate surface area is 114 Å². The summed E-state index contributed by atoms with van der Waals surface area (Å²) in [5, 5.41) is 12.7. The van der Waals surface area contributed by atoms with Gasteiger partial charge in [0.05, 0.1) is 12.7 Å². The van der Waals surface area contributed by atoms with Gasteiger partial charge in [0.1, 0.15) is 11.5 Å². The lowest BCUT2D eigenvalue weighted by Gasteiger charge is -2.15. The van der Waals surface area contributed by atoms with Gasteiger partial charge in [0.25, 0.3) is 5.91 Å². The average molecular weight is 265 g/mol. The first kappa shape index (κ1) is 15.3. The van der Waals surface area contributed by atoms with Crippen molar-refractivity contribution in [3.63, 3.8) is 0 Å². The molecule has 106 valence electrons. The Kier molecular flexibility index (Phi) is 5.67. The highest BCUT2D eigenvalue weighted by atomic mass is 16.5. The van der Waals surface area contributed by atoms with E-state index in [9.17, 15) is 9.90 Å². The molecule has 4 nitrogen and oxygen atoms in total. The van der Waals surface area contributed by atoms with Gasteiger partial charge in [-0.2, -0.15) is 0 Å². The van der Waals surface area contributed by atoms with Gasteiger partial charge in [0, 0.05) is 12.1 Å². The zero-order chi connectivity index (χ0) is 14.4. The minimum absolute atomic E-state index is 0.0621. The lowest BCUT2D eigenvalue weighted by atomic mass is 10.0. The first-order valence-electron chi connectivity index (χ1n) is 6.62. The van der Waals surface area contributed by atoms with Crippen molar-refractivity contribution < 1.29 is 14.6 Å². The van der Waals surface area contributed by atoms with E-state index in [-0.39, 0.29) is 23.3 Å². The highest BCUT2D eigenvalue weighted by Crippen LogP contribution is 2.23. The molecule has 1 atom stereocenters. The molecule has 0 saturated heterocycles. The third-order valence-corrected chi connectivity index (χ3v) is 3.00. The van der Waals surface area contributed by atoms with Crippen molar-refractivity contribution in [2.24, 2.45) is 5.92 Å². The summed E-state index contributed by atoms with van der Waals surface area (Å²) in [7, 11) is 1.52. The van der Waals surface area contributed by atoms with E-state index in [1.54, 1.807) is 12.1 Å². The number of carbonyl (C=O) groups excluding carboxylic acids is 1. The van der Waals surface area contributed by atoms with Crippen LogP contribution in [0.2, 0.25) is 0 Å². The fraction of sp³-hybridized carbons (Fsp3) is 0.533. The molecule has 1 rings (SSSR count).